The number of rotatable bonds is 6. The highest BCUT2D eigenvalue weighted by atomic mass is 127. The minimum Gasteiger partial charge on any atom is -0.493 e. The topological polar surface area (TPSA) is 67.9 Å². The molecule has 1 aliphatic rings. The molecule has 1 heterocycles. The molecule has 1 fully saturated rings. The molecule has 6 nitrogen and oxygen atoms in total. The van der Waals surface area contributed by atoms with Crippen LogP contribution in [0.5, 0.6) is 11.5 Å². The highest BCUT2D eigenvalue weighted by Crippen LogP contribution is 2.36. The molecule has 2 aromatic carbocycles. The van der Waals surface area contributed by atoms with Crippen LogP contribution in [-0.4, -0.2) is 30.1 Å². The van der Waals surface area contributed by atoms with Gasteiger partial charge in [-0.15, -0.1) is 0 Å². The Labute approximate surface area is 198 Å². The maximum Gasteiger partial charge on any atom is 0.270 e. The average molecular weight is 554 g/mol. The number of methoxy groups -OCH3 is 1. The number of benzene rings is 2. The summed E-state index contributed by atoms with van der Waals surface area (Å²) in [7, 11) is 1.53. The molecule has 0 aliphatic carbocycles. The van der Waals surface area contributed by atoms with Crippen LogP contribution >= 0.6 is 34.8 Å². The molecular formula is C22H20FIN2O4S. The Morgan fingerprint density at radius 3 is 2.55 bits per heavy atom. The van der Waals surface area contributed by atoms with E-state index >= 15 is 0 Å². The van der Waals surface area contributed by atoms with Crippen molar-refractivity contribution in [3.63, 3.8) is 0 Å². The van der Waals surface area contributed by atoms with Crippen molar-refractivity contribution in [2.75, 3.05) is 12.0 Å². The van der Waals surface area contributed by atoms with Crippen molar-refractivity contribution in [1.82, 2.24) is 5.32 Å². The Morgan fingerprint density at radius 2 is 1.94 bits per heavy atom. The van der Waals surface area contributed by atoms with E-state index in [4.69, 9.17) is 21.7 Å². The van der Waals surface area contributed by atoms with Gasteiger partial charge in [-0.05, 0) is 96.2 Å². The van der Waals surface area contributed by atoms with Gasteiger partial charge in [0.05, 0.1) is 22.5 Å². The Kier molecular flexibility index (Phi) is 7.26. The third-order valence-electron chi connectivity index (χ3n) is 4.64. The van der Waals surface area contributed by atoms with E-state index in [1.165, 1.54) is 37.5 Å². The molecule has 0 bridgehead atoms. The first-order chi connectivity index (χ1) is 14.7. The molecule has 162 valence electrons. The van der Waals surface area contributed by atoms with Crippen molar-refractivity contribution in [3.05, 3.63) is 56.9 Å². The number of carbonyl (C=O) groups excluding carboxylic acids is 2. The number of nitrogens with zero attached hydrogens (tertiary/aromatic N) is 1. The van der Waals surface area contributed by atoms with Crippen molar-refractivity contribution >= 4 is 63.5 Å². The van der Waals surface area contributed by atoms with E-state index in [2.05, 4.69) is 27.9 Å². The average Bonchev–Trinajstić information content (AvgIpc) is 2.73. The molecule has 0 spiro atoms. The molecule has 1 atom stereocenters. The van der Waals surface area contributed by atoms with Crippen LogP contribution < -0.4 is 19.7 Å². The fourth-order valence-electron chi connectivity index (χ4n) is 2.87. The summed E-state index contributed by atoms with van der Waals surface area (Å²) in [5.74, 6) is -0.557. The molecule has 1 N–H and O–H groups in total. The highest BCUT2D eigenvalue weighted by molar-refractivity contribution is 14.1. The largest absolute Gasteiger partial charge is 0.493 e. The van der Waals surface area contributed by atoms with Crippen LogP contribution in [-0.2, 0) is 9.59 Å². The summed E-state index contributed by atoms with van der Waals surface area (Å²) in [6.45, 7) is 3.98. The minimum absolute atomic E-state index is 0.00241. The van der Waals surface area contributed by atoms with Crippen LogP contribution in [0.1, 0.15) is 25.8 Å². The van der Waals surface area contributed by atoms with Gasteiger partial charge in [-0.3, -0.25) is 19.8 Å². The number of thiocarbonyl (C=S) groups is 1. The van der Waals surface area contributed by atoms with E-state index in [1.807, 2.05) is 13.8 Å². The van der Waals surface area contributed by atoms with Gasteiger partial charge in [0.25, 0.3) is 11.8 Å². The van der Waals surface area contributed by atoms with Gasteiger partial charge in [0.2, 0.25) is 0 Å². The summed E-state index contributed by atoms with van der Waals surface area (Å²) in [6.07, 6.45) is 2.30. The van der Waals surface area contributed by atoms with Crippen LogP contribution in [0.2, 0.25) is 0 Å². The first-order valence-electron chi connectivity index (χ1n) is 9.46. The third kappa shape index (κ3) is 5.04. The van der Waals surface area contributed by atoms with Crippen molar-refractivity contribution in [3.8, 4) is 11.5 Å². The first-order valence-corrected chi connectivity index (χ1v) is 10.9. The van der Waals surface area contributed by atoms with Gasteiger partial charge < -0.3 is 9.47 Å². The van der Waals surface area contributed by atoms with E-state index in [9.17, 15) is 14.0 Å². The van der Waals surface area contributed by atoms with Crippen molar-refractivity contribution in [2.45, 2.75) is 26.4 Å². The van der Waals surface area contributed by atoms with Crippen LogP contribution in [0, 0.1) is 9.39 Å². The van der Waals surface area contributed by atoms with Gasteiger partial charge in [0.15, 0.2) is 16.6 Å². The zero-order valence-electron chi connectivity index (χ0n) is 17.1. The van der Waals surface area contributed by atoms with E-state index < -0.39 is 17.6 Å². The van der Waals surface area contributed by atoms with Crippen LogP contribution in [0.15, 0.2) is 42.0 Å². The van der Waals surface area contributed by atoms with Gasteiger partial charge in [-0.25, -0.2) is 4.39 Å². The van der Waals surface area contributed by atoms with Crippen molar-refractivity contribution in [2.24, 2.45) is 0 Å². The lowest BCUT2D eigenvalue weighted by Crippen LogP contribution is -2.54. The van der Waals surface area contributed by atoms with Crippen molar-refractivity contribution in [1.29, 1.82) is 0 Å². The van der Waals surface area contributed by atoms with Crippen LogP contribution in [0.3, 0.4) is 0 Å². The minimum atomic E-state index is -0.609. The second kappa shape index (κ2) is 9.73. The maximum atomic E-state index is 13.3. The molecule has 1 saturated heterocycles. The Morgan fingerprint density at radius 1 is 1.26 bits per heavy atom. The lowest BCUT2D eigenvalue weighted by molar-refractivity contribution is -0.122. The smallest absolute Gasteiger partial charge is 0.270 e. The molecule has 1 unspecified atom stereocenters. The van der Waals surface area contributed by atoms with Gasteiger partial charge in [-0.2, -0.15) is 0 Å². The molecule has 0 radical (unpaired) electrons. The zero-order chi connectivity index (χ0) is 22.7. The number of halogens is 2. The Balaban J connectivity index is 2.00. The molecule has 0 aromatic heterocycles. The number of hydrogen-bond acceptors (Lipinski definition) is 5. The monoisotopic (exact) mass is 554 g/mol. The summed E-state index contributed by atoms with van der Waals surface area (Å²) < 4.78 is 25.5. The summed E-state index contributed by atoms with van der Waals surface area (Å²) >= 11 is 7.28. The maximum absolute atomic E-state index is 13.3. The Hall–Kier alpha value is -2.53. The van der Waals surface area contributed by atoms with Gasteiger partial charge in [0, 0.05) is 0 Å². The van der Waals surface area contributed by atoms with E-state index in [1.54, 1.807) is 12.1 Å². The molecule has 9 heteroatoms. The highest BCUT2D eigenvalue weighted by Gasteiger charge is 2.34. The summed E-state index contributed by atoms with van der Waals surface area (Å²) in [6, 6.07) is 8.76. The number of ether oxygens (including phenoxy) is 2. The fraction of sp³-hybridized carbons (Fsp3) is 0.227. The predicted molar refractivity (Wildman–Crippen MR) is 129 cm³/mol. The SMILES string of the molecule is CCC(C)Oc1c(I)cc(/C=C2\C(=O)NC(=S)N(c3ccc(F)cc3)C2=O)cc1OC. The first kappa shape index (κ1) is 23.1. The fourth-order valence-corrected chi connectivity index (χ4v) is 3.90. The lowest BCUT2D eigenvalue weighted by atomic mass is 10.1. The standard InChI is InChI=1S/C22H20FIN2O4S/c1-4-12(2)30-19-17(24)10-13(11-18(19)29-3)9-16-20(27)25-22(31)26(21(16)28)15-7-5-14(23)6-8-15/h5-12H,4H2,1-3H3,(H,25,27,31)/b16-9+. The van der Waals surface area contributed by atoms with Gasteiger partial charge >= 0.3 is 0 Å². The number of carbonyl (C=O) groups is 2. The summed E-state index contributed by atoms with van der Waals surface area (Å²) in [5.41, 5.74) is 0.835. The molecular weight excluding hydrogens is 534 g/mol. The molecule has 0 saturated carbocycles. The predicted octanol–water partition coefficient (Wildman–Crippen LogP) is 4.45. The number of amides is 2. The van der Waals surface area contributed by atoms with E-state index in [0.29, 0.717) is 22.7 Å². The molecule has 2 amide bonds. The summed E-state index contributed by atoms with van der Waals surface area (Å²) in [5, 5.41) is 2.44. The second-order valence-electron chi connectivity index (χ2n) is 6.81. The number of anilines is 1. The van der Waals surface area contributed by atoms with Gasteiger partial charge in [-0.1, -0.05) is 6.92 Å². The molecule has 1 aliphatic heterocycles. The lowest BCUT2D eigenvalue weighted by Gasteiger charge is -2.29. The molecule has 2 aromatic rings. The second-order valence-corrected chi connectivity index (χ2v) is 8.35. The van der Waals surface area contributed by atoms with Crippen molar-refractivity contribution < 1.29 is 23.5 Å². The van der Waals surface area contributed by atoms with Crippen LogP contribution in [0.4, 0.5) is 10.1 Å². The summed E-state index contributed by atoms with van der Waals surface area (Å²) in [4.78, 5) is 26.8. The van der Waals surface area contributed by atoms with E-state index in [0.717, 1.165) is 14.9 Å². The normalized spacial score (nSPS) is 16.4. The number of nitrogens with one attached hydrogen (secondary N) is 1. The van der Waals surface area contributed by atoms with Gasteiger partial charge in [0.1, 0.15) is 11.4 Å². The molecule has 31 heavy (non-hydrogen) atoms. The zero-order valence-corrected chi connectivity index (χ0v) is 20.0. The van der Waals surface area contributed by atoms with E-state index in [-0.39, 0.29) is 16.8 Å². The molecule has 3 rings (SSSR count). The van der Waals surface area contributed by atoms with Crippen LogP contribution in [0.25, 0.3) is 6.08 Å². The third-order valence-corrected chi connectivity index (χ3v) is 5.73. The number of hydrogen-bond donors (Lipinski definition) is 1. The quantitative estimate of drug-likeness (QED) is 0.248. The Bertz CT molecular complexity index is 1070.